The van der Waals surface area contributed by atoms with E-state index in [0.29, 0.717) is 13.2 Å². The highest BCUT2D eigenvalue weighted by molar-refractivity contribution is 5.50. The van der Waals surface area contributed by atoms with Crippen LogP contribution in [0.25, 0.3) is 0 Å². The second-order valence-electron chi connectivity index (χ2n) is 4.98. The van der Waals surface area contributed by atoms with E-state index >= 15 is 0 Å². The minimum atomic E-state index is 0.496. The molecule has 2 rings (SSSR count). The fourth-order valence-electron chi connectivity index (χ4n) is 1.98. The van der Waals surface area contributed by atoms with Crippen LogP contribution in [-0.4, -0.2) is 13.2 Å². The van der Waals surface area contributed by atoms with Gasteiger partial charge in [0.1, 0.15) is 24.7 Å². The van der Waals surface area contributed by atoms with Gasteiger partial charge >= 0.3 is 0 Å². The van der Waals surface area contributed by atoms with Crippen LogP contribution in [0.3, 0.4) is 0 Å². The topological polar surface area (TPSA) is 44.5 Å². The van der Waals surface area contributed by atoms with Crippen LogP contribution in [0.2, 0.25) is 0 Å². The van der Waals surface area contributed by atoms with Crippen LogP contribution >= 0.6 is 0 Å². The zero-order valence-corrected chi connectivity index (χ0v) is 12.3. The van der Waals surface area contributed by atoms with Crippen molar-refractivity contribution in [2.24, 2.45) is 0 Å². The van der Waals surface area contributed by atoms with Crippen molar-refractivity contribution in [3.63, 3.8) is 0 Å². The van der Waals surface area contributed by atoms with Gasteiger partial charge in [-0.15, -0.1) is 0 Å². The van der Waals surface area contributed by atoms with Crippen molar-refractivity contribution in [1.29, 1.82) is 0 Å². The Morgan fingerprint density at radius 3 is 2.30 bits per heavy atom. The van der Waals surface area contributed by atoms with Gasteiger partial charge in [0.2, 0.25) is 0 Å². The van der Waals surface area contributed by atoms with Crippen LogP contribution in [0.5, 0.6) is 11.5 Å². The Hall–Kier alpha value is -2.16. The van der Waals surface area contributed by atoms with Gasteiger partial charge in [-0.05, 0) is 44.0 Å². The van der Waals surface area contributed by atoms with Crippen molar-refractivity contribution in [2.75, 3.05) is 18.9 Å². The van der Waals surface area contributed by atoms with Crippen LogP contribution in [0.4, 0.5) is 5.69 Å². The normalized spacial score (nSPS) is 10.3. The minimum absolute atomic E-state index is 0.496. The SMILES string of the molecule is Cc1ccc(OCCOc2ccc(C)c(N)c2)c(C)c1. The summed E-state index contributed by atoms with van der Waals surface area (Å²) in [6, 6.07) is 11.9. The van der Waals surface area contributed by atoms with E-state index in [2.05, 4.69) is 13.0 Å². The second kappa shape index (κ2) is 6.33. The zero-order chi connectivity index (χ0) is 14.5. The van der Waals surface area contributed by atoms with E-state index in [4.69, 9.17) is 15.2 Å². The van der Waals surface area contributed by atoms with Gasteiger partial charge in [0.05, 0.1) is 0 Å². The zero-order valence-electron chi connectivity index (χ0n) is 12.3. The van der Waals surface area contributed by atoms with Gasteiger partial charge in [0.15, 0.2) is 0 Å². The maximum Gasteiger partial charge on any atom is 0.122 e. The maximum absolute atomic E-state index is 5.84. The summed E-state index contributed by atoms with van der Waals surface area (Å²) in [7, 11) is 0. The molecule has 0 saturated heterocycles. The lowest BCUT2D eigenvalue weighted by Gasteiger charge is -2.11. The standard InChI is InChI=1S/C17H21NO2/c1-12-4-7-17(14(3)10-12)20-9-8-19-15-6-5-13(2)16(18)11-15/h4-7,10-11H,8-9,18H2,1-3H3. The highest BCUT2D eigenvalue weighted by Crippen LogP contribution is 2.20. The molecule has 0 unspecified atom stereocenters. The Labute approximate surface area is 120 Å². The number of aryl methyl sites for hydroxylation is 3. The molecule has 0 spiro atoms. The Bertz CT molecular complexity index is 594. The molecule has 0 aliphatic rings. The Morgan fingerprint density at radius 1 is 0.850 bits per heavy atom. The molecule has 0 saturated carbocycles. The monoisotopic (exact) mass is 271 g/mol. The lowest BCUT2D eigenvalue weighted by molar-refractivity contribution is 0.216. The number of ether oxygens (including phenoxy) is 2. The van der Waals surface area contributed by atoms with Gasteiger partial charge in [-0.3, -0.25) is 0 Å². The predicted molar refractivity (Wildman–Crippen MR) is 82.5 cm³/mol. The summed E-state index contributed by atoms with van der Waals surface area (Å²) < 4.78 is 11.3. The summed E-state index contributed by atoms with van der Waals surface area (Å²) in [5, 5.41) is 0. The molecule has 106 valence electrons. The third-order valence-corrected chi connectivity index (χ3v) is 3.19. The lowest BCUT2D eigenvalue weighted by atomic mass is 10.1. The highest BCUT2D eigenvalue weighted by Gasteiger charge is 2.01. The summed E-state index contributed by atoms with van der Waals surface area (Å²) >= 11 is 0. The Balaban J connectivity index is 1.82. The maximum atomic E-state index is 5.84. The second-order valence-corrected chi connectivity index (χ2v) is 4.98. The quantitative estimate of drug-likeness (QED) is 0.667. The molecular formula is C17H21NO2. The number of hydrogen-bond donors (Lipinski definition) is 1. The molecule has 0 fully saturated rings. The van der Waals surface area contributed by atoms with Gasteiger partial charge in [-0.25, -0.2) is 0 Å². The molecule has 3 nitrogen and oxygen atoms in total. The number of anilines is 1. The largest absolute Gasteiger partial charge is 0.490 e. The molecular weight excluding hydrogens is 250 g/mol. The van der Waals surface area contributed by atoms with Gasteiger partial charge in [0.25, 0.3) is 0 Å². The number of nitrogen functional groups attached to an aromatic ring is 1. The van der Waals surface area contributed by atoms with E-state index in [-0.39, 0.29) is 0 Å². The molecule has 2 aromatic carbocycles. The smallest absolute Gasteiger partial charge is 0.122 e. The van der Waals surface area contributed by atoms with E-state index in [1.807, 2.05) is 44.2 Å². The Kier molecular flexibility index (Phi) is 4.51. The van der Waals surface area contributed by atoms with E-state index in [1.165, 1.54) is 5.56 Å². The molecule has 20 heavy (non-hydrogen) atoms. The molecule has 0 aromatic heterocycles. The summed E-state index contributed by atoms with van der Waals surface area (Å²) in [4.78, 5) is 0. The van der Waals surface area contributed by atoms with Crippen LogP contribution < -0.4 is 15.2 Å². The number of hydrogen-bond acceptors (Lipinski definition) is 3. The third kappa shape index (κ3) is 3.67. The summed E-state index contributed by atoms with van der Waals surface area (Å²) in [5.74, 6) is 1.68. The minimum Gasteiger partial charge on any atom is -0.490 e. The summed E-state index contributed by atoms with van der Waals surface area (Å²) in [6.45, 7) is 7.10. The summed E-state index contributed by atoms with van der Waals surface area (Å²) in [6.07, 6.45) is 0. The molecule has 3 heteroatoms. The first-order chi connectivity index (χ1) is 9.56. The van der Waals surface area contributed by atoms with Crippen molar-refractivity contribution in [2.45, 2.75) is 20.8 Å². The number of nitrogens with two attached hydrogens (primary N) is 1. The summed E-state index contributed by atoms with van der Waals surface area (Å²) in [5.41, 5.74) is 10.0. The first-order valence-corrected chi connectivity index (χ1v) is 6.75. The van der Waals surface area contributed by atoms with Crippen LogP contribution in [0, 0.1) is 20.8 Å². The van der Waals surface area contributed by atoms with Crippen molar-refractivity contribution in [3.05, 3.63) is 53.1 Å². The first kappa shape index (κ1) is 14.3. The van der Waals surface area contributed by atoms with Crippen molar-refractivity contribution < 1.29 is 9.47 Å². The fraction of sp³-hybridized carbons (Fsp3) is 0.294. The number of rotatable bonds is 5. The van der Waals surface area contributed by atoms with Crippen LogP contribution in [0.15, 0.2) is 36.4 Å². The first-order valence-electron chi connectivity index (χ1n) is 6.75. The molecule has 0 amide bonds. The average molecular weight is 271 g/mol. The molecule has 0 aliphatic heterocycles. The molecule has 0 bridgehead atoms. The van der Waals surface area contributed by atoms with Gasteiger partial charge in [0, 0.05) is 11.8 Å². The van der Waals surface area contributed by atoms with Crippen LogP contribution in [-0.2, 0) is 0 Å². The van der Waals surface area contributed by atoms with Gasteiger partial charge in [-0.1, -0.05) is 23.8 Å². The van der Waals surface area contributed by atoms with Crippen molar-refractivity contribution in [3.8, 4) is 11.5 Å². The Morgan fingerprint density at radius 2 is 1.60 bits per heavy atom. The van der Waals surface area contributed by atoms with E-state index in [9.17, 15) is 0 Å². The van der Waals surface area contributed by atoms with E-state index < -0.39 is 0 Å². The molecule has 0 atom stereocenters. The predicted octanol–water partition coefficient (Wildman–Crippen LogP) is 3.65. The fourth-order valence-corrected chi connectivity index (χ4v) is 1.98. The van der Waals surface area contributed by atoms with E-state index in [1.54, 1.807) is 0 Å². The van der Waals surface area contributed by atoms with E-state index in [0.717, 1.165) is 28.3 Å². The van der Waals surface area contributed by atoms with Crippen molar-refractivity contribution in [1.82, 2.24) is 0 Å². The molecule has 0 radical (unpaired) electrons. The lowest BCUT2D eigenvalue weighted by Crippen LogP contribution is -2.09. The van der Waals surface area contributed by atoms with Crippen LogP contribution in [0.1, 0.15) is 16.7 Å². The molecule has 2 N–H and O–H groups in total. The van der Waals surface area contributed by atoms with Crippen molar-refractivity contribution >= 4 is 5.69 Å². The van der Waals surface area contributed by atoms with Gasteiger partial charge in [-0.2, -0.15) is 0 Å². The molecule has 2 aromatic rings. The molecule has 0 aliphatic carbocycles. The highest BCUT2D eigenvalue weighted by atomic mass is 16.5. The average Bonchev–Trinajstić information content (AvgIpc) is 2.40. The third-order valence-electron chi connectivity index (χ3n) is 3.19. The number of benzene rings is 2. The molecule has 0 heterocycles. The van der Waals surface area contributed by atoms with Gasteiger partial charge < -0.3 is 15.2 Å².